The van der Waals surface area contributed by atoms with Gasteiger partial charge in [0.05, 0.1) is 25.4 Å². The van der Waals surface area contributed by atoms with Gasteiger partial charge in [-0.05, 0) is 30.5 Å². The summed E-state index contributed by atoms with van der Waals surface area (Å²) in [4.78, 5) is 27.8. The number of ether oxygens (including phenoxy) is 2. The second kappa shape index (κ2) is 12.2. The van der Waals surface area contributed by atoms with Crippen LogP contribution in [0.5, 0.6) is 0 Å². The first kappa shape index (κ1) is 25.3. The molecular formula is C22H25F3N2O5. The van der Waals surface area contributed by atoms with Gasteiger partial charge in [0.2, 0.25) is 0 Å². The van der Waals surface area contributed by atoms with Crippen molar-refractivity contribution in [3.63, 3.8) is 0 Å². The summed E-state index contributed by atoms with van der Waals surface area (Å²) in [6.07, 6.45) is -0.113. The Morgan fingerprint density at radius 3 is 2.31 bits per heavy atom. The van der Waals surface area contributed by atoms with E-state index >= 15 is 0 Å². The summed E-state index contributed by atoms with van der Waals surface area (Å²) in [6.45, 7) is 1.81. The second-order valence-corrected chi connectivity index (χ2v) is 6.99. The Morgan fingerprint density at radius 2 is 1.75 bits per heavy atom. The zero-order valence-electron chi connectivity index (χ0n) is 17.5. The van der Waals surface area contributed by atoms with Crippen molar-refractivity contribution in [1.29, 1.82) is 0 Å². The number of rotatable bonds is 7. The molecule has 2 heterocycles. The van der Waals surface area contributed by atoms with E-state index in [0.717, 1.165) is 12.8 Å². The number of likely N-dealkylation sites (tertiary alicyclic amines) is 1. The molecule has 7 nitrogen and oxygen atoms in total. The number of hydrogen-bond acceptors (Lipinski definition) is 5. The van der Waals surface area contributed by atoms with Gasteiger partial charge in [-0.1, -0.05) is 30.3 Å². The number of aromatic nitrogens is 1. The number of carbonyl (C=O) groups is 2. The van der Waals surface area contributed by atoms with E-state index in [4.69, 9.17) is 19.4 Å². The molecule has 3 rings (SSSR count). The van der Waals surface area contributed by atoms with E-state index in [9.17, 15) is 18.0 Å². The number of carboxylic acid groups (broad SMARTS) is 1. The van der Waals surface area contributed by atoms with Gasteiger partial charge in [-0.2, -0.15) is 13.2 Å². The fourth-order valence-electron chi connectivity index (χ4n) is 3.31. The zero-order valence-corrected chi connectivity index (χ0v) is 17.5. The lowest BCUT2D eigenvalue weighted by Gasteiger charge is -2.28. The summed E-state index contributed by atoms with van der Waals surface area (Å²) in [6, 6.07) is 13.8. The van der Waals surface area contributed by atoms with Crippen LogP contribution < -0.4 is 0 Å². The van der Waals surface area contributed by atoms with E-state index in [0.29, 0.717) is 25.3 Å². The smallest absolute Gasteiger partial charge is 0.475 e. The van der Waals surface area contributed by atoms with Gasteiger partial charge in [0.15, 0.2) is 0 Å². The highest BCUT2D eigenvalue weighted by Crippen LogP contribution is 2.26. The molecule has 1 amide bonds. The first-order chi connectivity index (χ1) is 15.2. The van der Waals surface area contributed by atoms with Crippen LogP contribution in [0.3, 0.4) is 0 Å². The number of carbonyl (C=O) groups excluding carboxylic acids is 1. The molecule has 1 aliphatic heterocycles. The molecule has 1 aliphatic rings. The van der Waals surface area contributed by atoms with Crippen LogP contribution in [-0.4, -0.2) is 72.1 Å². The maximum Gasteiger partial charge on any atom is 0.490 e. The third-order valence-corrected chi connectivity index (χ3v) is 4.82. The van der Waals surface area contributed by atoms with Crippen LogP contribution in [0, 0.1) is 0 Å². The normalized spacial score (nSPS) is 18.1. The van der Waals surface area contributed by atoms with Gasteiger partial charge in [0, 0.05) is 31.6 Å². The van der Waals surface area contributed by atoms with Crippen LogP contribution in [0.25, 0.3) is 0 Å². The number of amides is 1. The van der Waals surface area contributed by atoms with E-state index < -0.39 is 12.1 Å². The quantitative estimate of drug-likeness (QED) is 0.647. The highest BCUT2D eigenvalue weighted by molar-refractivity contribution is 5.94. The van der Waals surface area contributed by atoms with Crippen LogP contribution in [0.4, 0.5) is 13.2 Å². The number of benzene rings is 1. The largest absolute Gasteiger partial charge is 0.490 e. The Hall–Kier alpha value is -2.98. The van der Waals surface area contributed by atoms with Crippen LogP contribution in [0.1, 0.15) is 22.3 Å². The van der Waals surface area contributed by atoms with Crippen LogP contribution in [-0.2, 0) is 20.7 Å². The van der Waals surface area contributed by atoms with Crippen molar-refractivity contribution in [2.24, 2.45) is 0 Å². The average Bonchev–Trinajstić information content (AvgIpc) is 3.17. The Labute approximate surface area is 183 Å². The van der Waals surface area contributed by atoms with E-state index in [2.05, 4.69) is 17.1 Å². The molecule has 0 unspecified atom stereocenters. The topological polar surface area (TPSA) is 89.0 Å². The predicted molar refractivity (Wildman–Crippen MR) is 109 cm³/mol. The minimum Gasteiger partial charge on any atom is -0.475 e. The number of aliphatic carboxylic acids is 1. The summed E-state index contributed by atoms with van der Waals surface area (Å²) >= 11 is 0. The fourth-order valence-corrected chi connectivity index (χ4v) is 3.31. The maximum atomic E-state index is 12.9. The van der Waals surface area contributed by atoms with Gasteiger partial charge in [-0.25, -0.2) is 4.79 Å². The third kappa shape index (κ3) is 7.61. The van der Waals surface area contributed by atoms with Crippen molar-refractivity contribution in [2.45, 2.75) is 31.2 Å². The molecule has 0 radical (unpaired) electrons. The summed E-state index contributed by atoms with van der Waals surface area (Å²) in [7, 11) is 1.67. The molecular weight excluding hydrogens is 429 g/mol. The van der Waals surface area contributed by atoms with Gasteiger partial charge in [-0.15, -0.1) is 0 Å². The average molecular weight is 454 g/mol. The Morgan fingerprint density at radius 1 is 1.12 bits per heavy atom. The van der Waals surface area contributed by atoms with Crippen molar-refractivity contribution in [2.75, 3.05) is 26.9 Å². The number of hydrogen-bond donors (Lipinski definition) is 1. The van der Waals surface area contributed by atoms with Gasteiger partial charge in [0.1, 0.15) is 0 Å². The fraction of sp³-hybridized carbons (Fsp3) is 0.409. The Kier molecular flexibility index (Phi) is 9.61. The molecule has 32 heavy (non-hydrogen) atoms. The number of methoxy groups -OCH3 is 1. The summed E-state index contributed by atoms with van der Waals surface area (Å²) in [5, 5.41) is 7.12. The Bertz CT molecular complexity index is 850. The van der Waals surface area contributed by atoms with E-state index in [1.165, 1.54) is 5.56 Å². The van der Waals surface area contributed by atoms with E-state index in [1.807, 2.05) is 23.1 Å². The van der Waals surface area contributed by atoms with Gasteiger partial charge < -0.3 is 19.5 Å². The molecule has 1 aromatic heterocycles. The van der Waals surface area contributed by atoms with E-state index in [-0.39, 0.29) is 18.1 Å². The molecule has 0 spiro atoms. The SMILES string of the molecule is COCCO[C@@H]1CCN(C(=O)c2ccncc2)[C@H]1Cc1ccccc1.O=C(O)C(F)(F)F. The summed E-state index contributed by atoms with van der Waals surface area (Å²) in [5.74, 6) is -2.71. The highest BCUT2D eigenvalue weighted by atomic mass is 19.4. The molecule has 0 saturated carbocycles. The standard InChI is InChI=1S/C20H24N2O3.C2HF3O2/c1-24-13-14-25-19-9-12-22(20(23)17-7-10-21-11-8-17)18(19)15-16-5-3-2-4-6-16;3-2(4,5)1(6)7/h2-8,10-11,18-19H,9,12-15H2,1H3;(H,6,7)/t18-,19+;/m0./s1. The van der Waals surface area contributed by atoms with Crippen molar-refractivity contribution in [3.05, 3.63) is 66.0 Å². The molecule has 1 fully saturated rings. The number of pyridine rings is 1. The molecule has 2 atom stereocenters. The maximum absolute atomic E-state index is 12.9. The third-order valence-electron chi connectivity index (χ3n) is 4.82. The predicted octanol–water partition coefficient (Wildman–Crippen LogP) is 3.20. The monoisotopic (exact) mass is 454 g/mol. The number of alkyl halides is 3. The molecule has 0 bridgehead atoms. The zero-order chi connectivity index (χ0) is 23.6. The van der Waals surface area contributed by atoms with Crippen molar-refractivity contribution in [1.82, 2.24) is 9.88 Å². The van der Waals surface area contributed by atoms with Crippen LogP contribution in [0.15, 0.2) is 54.9 Å². The summed E-state index contributed by atoms with van der Waals surface area (Å²) in [5.41, 5.74) is 1.88. The van der Waals surface area contributed by atoms with Crippen LogP contribution in [0.2, 0.25) is 0 Å². The van der Waals surface area contributed by atoms with E-state index in [1.54, 1.807) is 31.6 Å². The minimum absolute atomic E-state index is 0.0277. The van der Waals surface area contributed by atoms with Gasteiger partial charge in [-0.3, -0.25) is 9.78 Å². The minimum atomic E-state index is -5.08. The molecule has 1 N–H and O–H groups in total. The summed E-state index contributed by atoms with van der Waals surface area (Å²) < 4.78 is 42.8. The molecule has 1 aromatic carbocycles. The lowest BCUT2D eigenvalue weighted by atomic mass is 10.0. The molecule has 0 aliphatic carbocycles. The first-order valence-electron chi connectivity index (χ1n) is 9.89. The first-order valence-corrected chi connectivity index (χ1v) is 9.89. The highest BCUT2D eigenvalue weighted by Gasteiger charge is 2.39. The molecule has 174 valence electrons. The van der Waals surface area contributed by atoms with Gasteiger partial charge in [0.25, 0.3) is 5.91 Å². The lowest BCUT2D eigenvalue weighted by Crippen LogP contribution is -2.42. The van der Waals surface area contributed by atoms with Crippen molar-refractivity contribution >= 4 is 11.9 Å². The molecule has 2 aromatic rings. The van der Waals surface area contributed by atoms with Gasteiger partial charge >= 0.3 is 12.1 Å². The van der Waals surface area contributed by atoms with Crippen molar-refractivity contribution < 1.29 is 37.3 Å². The molecule has 10 heteroatoms. The Balaban J connectivity index is 0.000000451. The van der Waals surface area contributed by atoms with Crippen LogP contribution >= 0.6 is 0 Å². The lowest BCUT2D eigenvalue weighted by molar-refractivity contribution is -0.192. The number of nitrogens with zero attached hydrogens (tertiary/aromatic N) is 2. The van der Waals surface area contributed by atoms with Crippen molar-refractivity contribution in [3.8, 4) is 0 Å². The number of halogens is 3. The second-order valence-electron chi connectivity index (χ2n) is 6.99. The molecule has 1 saturated heterocycles. The number of carboxylic acids is 1.